The van der Waals surface area contributed by atoms with Crippen LogP contribution in [-0.2, 0) is 16.0 Å². The van der Waals surface area contributed by atoms with Crippen LogP contribution >= 0.6 is 11.8 Å². The van der Waals surface area contributed by atoms with E-state index in [1.165, 1.54) is 28.8 Å². The summed E-state index contributed by atoms with van der Waals surface area (Å²) < 4.78 is 13.4. The molecule has 1 fully saturated rings. The molecule has 0 spiro atoms. The molecule has 0 saturated carbocycles. The summed E-state index contributed by atoms with van der Waals surface area (Å²) in [5.41, 5.74) is 1.54. The Morgan fingerprint density at radius 1 is 1.26 bits per heavy atom. The van der Waals surface area contributed by atoms with Crippen LogP contribution in [0.25, 0.3) is 0 Å². The van der Waals surface area contributed by atoms with E-state index >= 15 is 0 Å². The van der Waals surface area contributed by atoms with E-state index in [9.17, 15) is 14.0 Å². The van der Waals surface area contributed by atoms with Gasteiger partial charge in [0.25, 0.3) is 0 Å². The normalized spacial score (nSPS) is 18.6. The molecule has 2 aromatic carbocycles. The molecule has 2 aromatic rings. The van der Waals surface area contributed by atoms with Crippen LogP contribution in [0.4, 0.5) is 10.1 Å². The minimum Gasteiger partial charge on any atom is -0.355 e. The number of benzene rings is 2. The average Bonchev–Trinajstić information content (AvgIpc) is 2.66. The molecule has 0 aromatic heterocycles. The van der Waals surface area contributed by atoms with Crippen LogP contribution in [0.5, 0.6) is 0 Å². The van der Waals surface area contributed by atoms with Gasteiger partial charge in [0.2, 0.25) is 11.8 Å². The van der Waals surface area contributed by atoms with E-state index in [2.05, 4.69) is 10.3 Å². The van der Waals surface area contributed by atoms with Gasteiger partial charge < -0.3 is 5.32 Å². The maximum Gasteiger partial charge on any atom is 0.234 e. The SMILES string of the molecule is CN1C(=O)C[C@@H](C(=O)NCCc2ccccc2)SC1=Nc1cccc(F)c1. The van der Waals surface area contributed by atoms with Crippen molar-refractivity contribution in [2.75, 3.05) is 13.6 Å². The second-order valence-electron chi connectivity index (χ2n) is 6.16. The summed E-state index contributed by atoms with van der Waals surface area (Å²) >= 11 is 1.22. The number of nitrogens with zero attached hydrogens (tertiary/aromatic N) is 2. The Kier molecular flexibility index (Phi) is 6.24. The molecule has 0 unspecified atom stereocenters. The molecule has 1 heterocycles. The first-order chi connectivity index (χ1) is 13.0. The second kappa shape index (κ2) is 8.81. The maximum atomic E-state index is 13.4. The highest BCUT2D eigenvalue weighted by Gasteiger charge is 2.33. The summed E-state index contributed by atoms with van der Waals surface area (Å²) in [6.07, 6.45) is 0.836. The number of carbonyl (C=O) groups excluding carboxylic acids is 2. The molecule has 140 valence electrons. The van der Waals surface area contributed by atoms with Crippen molar-refractivity contribution in [2.45, 2.75) is 18.1 Å². The first kappa shape index (κ1) is 19.1. The Balaban J connectivity index is 1.63. The molecule has 0 radical (unpaired) electrons. The number of carbonyl (C=O) groups is 2. The first-order valence-electron chi connectivity index (χ1n) is 8.62. The zero-order chi connectivity index (χ0) is 19.2. The van der Waals surface area contributed by atoms with E-state index in [0.29, 0.717) is 17.4 Å². The first-order valence-corrected chi connectivity index (χ1v) is 9.50. The minimum atomic E-state index is -0.545. The highest BCUT2D eigenvalue weighted by molar-refractivity contribution is 8.15. The summed E-state index contributed by atoms with van der Waals surface area (Å²) in [6, 6.07) is 15.7. The van der Waals surface area contributed by atoms with Gasteiger partial charge in [0.15, 0.2) is 5.17 Å². The monoisotopic (exact) mass is 385 g/mol. The lowest BCUT2D eigenvalue weighted by Gasteiger charge is -2.28. The van der Waals surface area contributed by atoms with Crippen molar-refractivity contribution in [3.63, 3.8) is 0 Å². The van der Waals surface area contributed by atoms with Crippen LogP contribution in [0, 0.1) is 5.82 Å². The van der Waals surface area contributed by atoms with E-state index in [0.717, 1.165) is 12.0 Å². The van der Waals surface area contributed by atoms with Gasteiger partial charge in [0.05, 0.1) is 10.9 Å². The molecule has 7 heteroatoms. The predicted octanol–water partition coefficient (Wildman–Crippen LogP) is 3.14. The van der Waals surface area contributed by atoms with Crippen molar-refractivity contribution in [1.29, 1.82) is 0 Å². The number of hydrogen-bond acceptors (Lipinski definition) is 4. The third-order valence-corrected chi connectivity index (χ3v) is 5.39. The van der Waals surface area contributed by atoms with Gasteiger partial charge in [-0.1, -0.05) is 48.2 Å². The van der Waals surface area contributed by atoms with Gasteiger partial charge in [-0.25, -0.2) is 9.38 Å². The van der Waals surface area contributed by atoms with E-state index in [-0.39, 0.29) is 18.2 Å². The Bertz CT molecular complexity index is 857. The van der Waals surface area contributed by atoms with Gasteiger partial charge in [-0.2, -0.15) is 0 Å². The van der Waals surface area contributed by atoms with Gasteiger partial charge in [-0.15, -0.1) is 0 Å². The minimum absolute atomic E-state index is 0.112. The Labute approximate surface area is 161 Å². The highest BCUT2D eigenvalue weighted by Crippen LogP contribution is 2.28. The molecule has 1 N–H and O–H groups in total. The molecule has 27 heavy (non-hydrogen) atoms. The number of rotatable bonds is 5. The van der Waals surface area contributed by atoms with Crippen LogP contribution in [0.1, 0.15) is 12.0 Å². The summed E-state index contributed by atoms with van der Waals surface area (Å²) in [5, 5.41) is 2.73. The van der Waals surface area contributed by atoms with Gasteiger partial charge in [0.1, 0.15) is 5.82 Å². The fourth-order valence-electron chi connectivity index (χ4n) is 2.64. The quantitative estimate of drug-likeness (QED) is 0.860. The Morgan fingerprint density at radius 2 is 2.04 bits per heavy atom. The van der Waals surface area contributed by atoms with Crippen LogP contribution in [-0.4, -0.2) is 40.7 Å². The van der Waals surface area contributed by atoms with Crippen LogP contribution in [0.15, 0.2) is 59.6 Å². The zero-order valence-electron chi connectivity index (χ0n) is 14.9. The number of hydrogen-bond donors (Lipinski definition) is 1. The number of aliphatic imine (C=N–C) groups is 1. The molecule has 1 aliphatic heterocycles. The smallest absolute Gasteiger partial charge is 0.234 e. The van der Waals surface area contributed by atoms with Crippen molar-refractivity contribution >= 4 is 34.4 Å². The molecule has 1 saturated heterocycles. The van der Waals surface area contributed by atoms with Crippen molar-refractivity contribution in [2.24, 2.45) is 4.99 Å². The summed E-state index contributed by atoms with van der Waals surface area (Å²) in [7, 11) is 1.61. The van der Waals surface area contributed by atoms with Crippen molar-refractivity contribution in [1.82, 2.24) is 10.2 Å². The van der Waals surface area contributed by atoms with Crippen LogP contribution in [0.2, 0.25) is 0 Å². The highest BCUT2D eigenvalue weighted by atomic mass is 32.2. The number of amidine groups is 1. The van der Waals surface area contributed by atoms with Crippen LogP contribution < -0.4 is 5.32 Å². The van der Waals surface area contributed by atoms with Gasteiger partial charge in [0, 0.05) is 20.0 Å². The predicted molar refractivity (Wildman–Crippen MR) is 105 cm³/mol. The molecular formula is C20H20FN3O2S. The molecular weight excluding hydrogens is 365 g/mol. The van der Waals surface area contributed by atoms with Crippen LogP contribution in [0.3, 0.4) is 0 Å². The lowest BCUT2D eigenvalue weighted by Crippen LogP contribution is -2.45. The van der Waals surface area contributed by atoms with E-state index < -0.39 is 11.1 Å². The van der Waals surface area contributed by atoms with E-state index in [4.69, 9.17) is 0 Å². The molecule has 1 aliphatic rings. The summed E-state index contributed by atoms with van der Waals surface area (Å²) in [6.45, 7) is 0.500. The Morgan fingerprint density at radius 3 is 2.78 bits per heavy atom. The Hall–Kier alpha value is -2.67. The third kappa shape index (κ3) is 5.17. The van der Waals surface area contributed by atoms with Gasteiger partial charge in [-0.05, 0) is 30.2 Å². The maximum absolute atomic E-state index is 13.4. The van der Waals surface area contributed by atoms with Gasteiger partial charge in [-0.3, -0.25) is 14.5 Å². The number of halogens is 1. The number of thioether (sulfide) groups is 1. The molecule has 5 nitrogen and oxygen atoms in total. The van der Waals surface area contributed by atoms with Crippen molar-refractivity contribution in [3.05, 3.63) is 66.0 Å². The second-order valence-corrected chi connectivity index (χ2v) is 7.33. The number of nitrogens with one attached hydrogen (secondary N) is 1. The molecule has 1 atom stereocenters. The molecule has 3 rings (SSSR count). The molecule has 0 bridgehead atoms. The van der Waals surface area contributed by atoms with Crippen molar-refractivity contribution < 1.29 is 14.0 Å². The third-order valence-electron chi connectivity index (χ3n) is 4.15. The topological polar surface area (TPSA) is 61.8 Å². The number of amides is 2. The van der Waals surface area contributed by atoms with E-state index in [1.807, 2.05) is 30.3 Å². The summed E-state index contributed by atoms with van der Waals surface area (Å²) in [4.78, 5) is 30.5. The lowest BCUT2D eigenvalue weighted by atomic mass is 10.1. The fraction of sp³-hybridized carbons (Fsp3) is 0.250. The fourth-order valence-corrected chi connectivity index (χ4v) is 3.73. The summed E-state index contributed by atoms with van der Waals surface area (Å²) in [5.74, 6) is -0.779. The van der Waals surface area contributed by atoms with Gasteiger partial charge >= 0.3 is 0 Å². The lowest BCUT2D eigenvalue weighted by molar-refractivity contribution is -0.129. The van der Waals surface area contributed by atoms with E-state index in [1.54, 1.807) is 19.2 Å². The zero-order valence-corrected chi connectivity index (χ0v) is 15.7. The largest absolute Gasteiger partial charge is 0.355 e. The van der Waals surface area contributed by atoms with Crippen molar-refractivity contribution in [3.8, 4) is 0 Å². The molecule has 0 aliphatic carbocycles. The molecule has 2 amide bonds. The standard InChI is InChI=1S/C20H20FN3O2S/c1-24-18(25)13-17(19(26)22-11-10-14-6-3-2-4-7-14)27-20(24)23-16-9-5-8-15(21)12-16/h2-9,12,17H,10-11,13H2,1H3,(H,22,26)/t17-/m0/s1. The average molecular weight is 385 g/mol.